The van der Waals surface area contributed by atoms with E-state index in [9.17, 15) is 18.0 Å². The Kier molecular flexibility index (Phi) is 12.5. The van der Waals surface area contributed by atoms with E-state index in [0.717, 1.165) is 31.3 Å². The average Bonchev–Trinajstić information content (AvgIpc) is 3.18. The average molecular weight is 797 g/mol. The van der Waals surface area contributed by atoms with Crippen LogP contribution in [-0.2, 0) is 20.0 Å². The van der Waals surface area contributed by atoms with E-state index in [4.69, 9.17) is 18.9 Å². The number of amides is 3. The van der Waals surface area contributed by atoms with E-state index >= 15 is 0 Å². The molecule has 1 fully saturated rings. The molecule has 4 N–H and O–H groups in total. The smallest absolute Gasteiger partial charge is 0.323 e. The molecular formula is C42H48N6O8S. The second kappa shape index (κ2) is 17.5. The van der Waals surface area contributed by atoms with Crippen molar-refractivity contribution in [3.8, 4) is 23.0 Å². The number of morpholine rings is 1. The van der Waals surface area contributed by atoms with Gasteiger partial charge in [0, 0.05) is 67.2 Å². The third-order valence-electron chi connectivity index (χ3n) is 9.40. The van der Waals surface area contributed by atoms with Gasteiger partial charge >= 0.3 is 6.03 Å². The predicted octanol–water partition coefficient (Wildman–Crippen LogP) is 7.19. The molecule has 14 nitrogen and oxygen atoms in total. The lowest BCUT2D eigenvalue weighted by molar-refractivity contribution is 0.0383. The second-order valence-corrected chi connectivity index (χ2v) is 16.5. The SMILES string of the molecule is COc1cc(Nc2cc(Oc3ccc(NC(=O)Nc4cc(C(C)(C)C)cc(S(C)(=O)=O)c4OC)c4ccccc34)ccn2)ccc1C(=O)NCCN1CCOCC1. The molecule has 57 heavy (non-hydrogen) atoms. The maximum atomic E-state index is 13.5. The topological polar surface area (TPSA) is 169 Å². The first kappa shape index (κ1) is 40.8. The first-order chi connectivity index (χ1) is 27.2. The van der Waals surface area contributed by atoms with E-state index in [1.165, 1.54) is 14.2 Å². The van der Waals surface area contributed by atoms with Gasteiger partial charge in [-0.2, -0.15) is 0 Å². The number of fused-ring (bicyclic) bond motifs is 1. The van der Waals surface area contributed by atoms with Crippen molar-refractivity contribution in [3.63, 3.8) is 0 Å². The number of aromatic nitrogens is 1. The van der Waals surface area contributed by atoms with Gasteiger partial charge in [-0.25, -0.2) is 18.2 Å². The Balaban J connectivity index is 1.15. The summed E-state index contributed by atoms with van der Waals surface area (Å²) in [4.78, 5) is 33.1. The fourth-order valence-electron chi connectivity index (χ4n) is 6.38. The number of methoxy groups -OCH3 is 2. The number of sulfone groups is 1. The summed E-state index contributed by atoms with van der Waals surface area (Å²) in [6, 6.07) is 22.4. The third-order valence-corrected chi connectivity index (χ3v) is 10.5. The van der Waals surface area contributed by atoms with Crippen molar-refractivity contribution in [2.24, 2.45) is 0 Å². The van der Waals surface area contributed by atoms with Gasteiger partial charge in [0.05, 0.1) is 44.4 Å². The normalized spacial score (nSPS) is 13.4. The zero-order chi connectivity index (χ0) is 40.7. The number of carbonyl (C=O) groups excluding carboxylic acids is 2. The number of nitrogens with one attached hydrogen (secondary N) is 4. The highest BCUT2D eigenvalue weighted by molar-refractivity contribution is 7.90. The van der Waals surface area contributed by atoms with E-state index in [-0.39, 0.29) is 22.2 Å². The molecule has 0 saturated carbocycles. The Hall–Kier alpha value is -5.90. The number of anilines is 4. The molecular weight excluding hydrogens is 749 g/mol. The summed E-state index contributed by atoms with van der Waals surface area (Å²) in [6.45, 7) is 10.2. The largest absolute Gasteiger partial charge is 0.496 e. The van der Waals surface area contributed by atoms with Crippen molar-refractivity contribution in [2.45, 2.75) is 31.1 Å². The lowest BCUT2D eigenvalue weighted by Crippen LogP contribution is -2.41. The molecule has 4 aromatic carbocycles. The fraction of sp³-hybridized carbons (Fsp3) is 0.310. The molecule has 3 amide bonds. The molecule has 15 heteroatoms. The number of ether oxygens (including phenoxy) is 4. The number of benzene rings is 4. The number of pyridine rings is 1. The van der Waals surface area contributed by atoms with Gasteiger partial charge in [-0.15, -0.1) is 0 Å². The summed E-state index contributed by atoms with van der Waals surface area (Å²) in [5, 5.41) is 13.4. The van der Waals surface area contributed by atoms with Crippen molar-refractivity contribution >= 4 is 55.4 Å². The van der Waals surface area contributed by atoms with Crippen molar-refractivity contribution in [3.05, 3.63) is 96.2 Å². The molecule has 0 aliphatic carbocycles. The molecule has 1 saturated heterocycles. The molecule has 0 spiro atoms. The Morgan fingerprint density at radius 2 is 1.60 bits per heavy atom. The first-order valence-electron chi connectivity index (χ1n) is 18.4. The Morgan fingerprint density at radius 3 is 2.30 bits per heavy atom. The minimum Gasteiger partial charge on any atom is -0.496 e. The standard InChI is InChI=1S/C42H48N6O8S/c1-42(2,3)27-23-34(39(54-5)37(24-27)57(6,51)52)47-41(50)46-33-13-14-35(31-10-8-7-9-30(31)33)56-29-15-16-43-38(26-29)45-28-11-12-32(36(25-28)53-4)40(49)44-17-18-48-19-21-55-22-20-48/h7-16,23-26H,17-22H2,1-6H3,(H,43,45)(H,44,49)(H2,46,47,50). The van der Waals surface area contributed by atoms with Gasteiger partial charge in [0.2, 0.25) is 0 Å². The van der Waals surface area contributed by atoms with Crippen LogP contribution in [0, 0.1) is 0 Å². The molecule has 1 aliphatic heterocycles. The van der Waals surface area contributed by atoms with Gasteiger partial charge in [0.25, 0.3) is 5.91 Å². The van der Waals surface area contributed by atoms with E-state index in [1.807, 2.05) is 45.0 Å². The van der Waals surface area contributed by atoms with Gasteiger partial charge in [-0.05, 0) is 53.4 Å². The molecule has 2 heterocycles. The van der Waals surface area contributed by atoms with Gasteiger partial charge < -0.3 is 40.2 Å². The number of rotatable bonds is 13. The highest BCUT2D eigenvalue weighted by atomic mass is 32.2. The zero-order valence-corrected chi connectivity index (χ0v) is 33.7. The highest BCUT2D eigenvalue weighted by Gasteiger charge is 2.25. The monoisotopic (exact) mass is 796 g/mol. The predicted molar refractivity (Wildman–Crippen MR) is 222 cm³/mol. The van der Waals surface area contributed by atoms with Crippen LogP contribution in [0.15, 0.2) is 90.0 Å². The maximum absolute atomic E-state index is 13.5. The quantitative estimate of drug-likeness (QED) is 0.0951. The molecule has 0 unspecified atom stereocenters. The number of nitrogens with zero attached hydrogens (tertiary/aromatic N) is 2. The third kappa shape index (κ3) is 10.1. The maximum Gasteiger partial charge on any atom is 0.323 e. The summed E-state index contributed by atoms with van der Waals surface area (Å²) >= 11 is 0. The Bertz CT molecular complexity index is 2380. The second-order valence-electron chi connectivity index (χ2n) is 14.5. The summed E-state index contributed by atoms with van der Waals surface area (Å²) in [7, 11) is -0.791. The molecule has 6 rings (SSSR count). The van der Waals surface area contributed by atoms with Gasteiger partial charge in [-0.3, -0.25) is 9.69 Å². The summed E-state index contributed by atoms with van der Waals surface area (Å²) in [5.41, 5.74) is 2.13. The van der Waals surface area contributed by atoms with Crippen LogP contribution in [0.5, 0.6) is 23.0 Å². The first-order valence-corrected chi connectivity index (χ1v) is 20.3. The summed E-state index contributed by atoms with van der Waals surface area (Å²) in [6.07, 6.45) is 2.72. The molecule has 5 aromatic rings. The van der Waals surface area contributed by atoms with Crippen LogP contribution in [0.4, 0.5) is 27.7 Å². The van der Waals surface area contributed by atoms with Gasteiger partial charge in [0.15, 0.2) is 15.6 Å². The van der Waals surface area contributed by atoms with Crippen LogP contribution in [0.25, 0.3) is 10.8 Å². The van der Waals surface area contributed by atoms with Gasteiger partial charge in [0.1, 0.15) is 28.0 Å². The van der Waals surface area contributed by atoms with Crippen LogP contribution in [0.3, 0.4) is 0 Å². The van der Waals surface area contributed by atoms with Crippen molar-refractivity contribution in [2.75, 3.05) is 75.8 Å². The van der Waals surface area contributed by atoms with Crippen LogP contribution in [0.1, 0.15) is 36.7 Å². The van der Waals surface area contributed by atoms with Crippen LogP contribution in [0.2, 0.25) is 0 Å². The molecule has 0 radical (unpaired) electrons. The number of hydrogen-bond donors (Lipinski definition) is 4. The summed E-state index contributed by atoms with van der Waals surface area (Å²) in [5.74, 6) is 1.80. The fourth-order valence-corrected chi connectivity index (χ4v) is 7.25. The van der Waals surface area contributed by atoms with E-state index in [2.05, 4.69) is 31.2 Å². The lowest BCUT2D eigenvalue weighted by Gasteiger charge is -2.26. The molecule has 300 valence electrons. The minimum absolute atomic E-state index is 0.0120. The molecule has 0 bridgehead atoms. The van der Waals surface area contributed by atoms with Crippen molar-refractivity contribution < 1.29 is 37.0 Å². The van der Waals surface area contributed by atoms with Crippen LogP contribution >= 0.6 is 0 Å². The number of carbonyl (C=O) groups is 2. The van der Waals surface area contributed by atoms with E-state index < -0.39 is 21.3 Å². The molecule has 1 aromatic heterocycles. The zero-order valence-electron chi connectivity index (χ0n) is 32.9. The van der Waals surface area contributed by atoms with Crippen LogP contribution < -0.4 is 35.5 Å². The molecule has 0 atom stereocenters. The number of urea groups is 1. The molecule has 1 aliphatic rings. The van der Waals surface area contributed by atoms with E-state index in [0.29, 0.717) is 70.7 Å². The Labute approximate surface area is 332 Å². The lowest BCUT2D eigenvalue weighted by atomic mass is 9.86. The van der Waals surface area contributed by atoms with Gasteiger partial charge in [-0.1, -0.05) is 45.0 Å². The highest BCUT2D eigenvalue weighted by Crippen LogP contribution is 2.39. The summed E-state index contributed by atoms with van der Waals surface area (Å²) < 4.78 is 48.2. The van der Waals surface area contributed by atoms with Crippen molar-refractivity contribution in [1.82, 2.24) is 15.2 Å². The minimum atomic E-state index is -3.68. The van der Waals surface area contributed by atoms with Crippen molar-refractivity contribution in [1.29, 1.82) is 0 Å². The van der Waals surface area contributed by atoms with Crippen LogP contribution in [-0.4, -0.2) is 90.1 Å². The van der Waals surface area contributed by atoms with E-state index in [1.54, 1.807) is 60.8 Å². The Morgan fingerprint density at radius 1 is 0.860 bits per heavy atom. The number of hydrogen-bond acceptors (Lipinski definition) is 11.